The molecule has 0 unspecified atom stereocenters. The zero-order chi connectivity index (χ0) is 16.8. The Balaban J connectivity index is 4.25. The Kier molecular flexibility index (Phi) is 13.2. The van der Waals surface area contributed by atoms with E-state index in [0.717, 1.165) is 19.3 Å². The van der Waals surface area contributed by atoms with Crippen LogP contribution >= 0.6 is 25.3 Å². The molecule has 0 aliphatic rings. The Morgan fingerprint density at radius 2 is 1.41 bits per heavy atom. The summed E-state index contributed by atoms with van der Waals surface area (Å²) in [7, 11) is 0. The molecule has 0 heterocycles. The molecule has 0 saturated heterocycles. The summed E-state index contributed by atoms with van der Waals surface area (Å²) in [6.07, 6.45) is 3.43. The lowest BCUT2D eigenvalue weighted by atomic mass is 10.2. The number of hydrogen-bond donors (Lipinski definition) is 4. The molecule has 0 spiro atoms. The second-order valence-electron chi connectivity index (χ2n) is 4.85. The number of unbranched alkanes of at least 4 members (excludes halogenated alkanes) is 2. The average Bonchev–Trinajstić information content (AvgIpc) is 2.52. The van der Waals surface area contributed by atoms with Crippen molar-refractivity contribution in [1.82, 2.24) is 15.5 Å². The molecular weight excluding hydrogens is 322 g/mol. The number of amides is 3. The van der Waals surface area contributed by atoms with Gasteiger partial charge in [-0.15, -0.1) is 0 Å². The molecule has 0 radical (unpaired) electrons. The molecule has 0 aromatic rings. The Labute approximate surface area is 143 Å². The lowest BCUT2D eigenvalue weighted by molar-refractivity contribution is -0.132. The second-order valence-corrected chi connectivity index (χ2v) is 5.49. The SMILES string of the molecule is CCCCCC(=O)N(CCNC(=O)CS)CCNC(=O)CS. The highest BCUT2D eigenvalue weighted by Gasteiger charge is 2.13. The standard InChI is InChI=1S/C14H27N3O3S2/c1-2-3-4-5-14(20)17(8-6-15-12(18)10-21)9-7-16-13(19)11-22/h21-22H,2-11H2,1H3,(H,15,18)(H,16,19). The van der Waals surface area contributed by atoms with Gasteiger partial charge in [-0.3, -0.25) is 14.4 Å². The van der Waals surface area contributed by atoms with Crippen molar-refractivity contribution in [3.63, 3.8) is 0 Å². The van der Waals surface area contributed by atoms with E-state index in [0.29, 0.717) is 32.6 Å². The molecule has 0 aliphatic heterocycles. The monoisotopic (exact) mass is 349 g/mol. The molecule has 6 nitrogen and oxygen atoms in total. The van der Waals surface area contributed by atoms with Crippen molar-refractivity contribution < 1.29 is 14.4 Å². The molecule has 0 aromatic heterocycles. The lowest BCUT2D eigenvalue weighted by Crippen LogP contribution is -2.43. The van der Waals surface area contributed by atoms with Gasteiger partial charge in [0.25, 0.3) is 0 Å². The fraction of sp³-hybridized carbons (Fsp3) is 0.786. The van der Waals surface area contributed by atoms with Crippen LogP contribution in [0.5, 0.6) is 0 Å². The largest absolute Gasteiger partial charge is 0.354 e. The van der Waals surface area contributed by atoms with Crippen LogP contribution in [-0.2, 0) is 14.4 Å². The van der Waals surface area contributed by atoms with Crippen LogP contribution in [0.15, 0.2) is 0 Å². The van der Waals surface area contributed by atoms with Crippen LogP contribution in [0, 0.1) is 0 Å². The molecule has 0 rings (SSSR count). The first-order chi connectivity index (χ1) is 10.5. The summed E-state index contributed by atoms with van der Waals surface area (Å²) in [5, 5.41) is 5.37. The third-order valence-corrected chi connectivity index (χ3v) is 3.62. The Morgan fingerprint density at radius 3 is 1.82 bits per heavy atom. The van der Waals surface area contributed by atoms with Crippen LogP contribution in [-0.4, -0.2) is 60.3 Å². The van der Waals surface area contributed by atoms with E-state index in [-0.39, 0.29) is 29.2 Å². The van der Waals surface area contributed by atoms with Crippen LogP contribution in [0.25, 0.3) is 0 Å². The number of thiol groups is 2. The van der Waals surface area contributed by atoms with E-state index in [1.54, 1.807) is 4.90 Å². The van der Waals surface area contributed by atoms with E-state index in [1.165, 1.54) is 0 Å². The minimum absolute atomic E-state index is 0.0497. The van der Waals surface area contributed by atoms with Crippen molar-refractivity contribution in [2.75, 3.05) is 37.7 Å². The van der Waals surface area contributed by atoms with Crippen molar-refractivity contribution in [2.24, 2.45) is 0 Å². The zero-order valence-corrected chi connectivity index (χ0v) is 14.9. The maximum absolute atomic E-state index is 12.2. The Bertz CT molecular complexity index is 332. The molecule has 128 valence electrons. The quantitative estimate of drug-likeness (QED) is 0.306. The van der Waals surface area contributed by atoms with E-state index < -0.39 is 0 Å². The smallest absolute Gasteiger partial charge is 0.229 e. The van der Waals surface area contributed by atoms with Gasteiger partial charge in [-0.2, -0.15) is 25.3 Å². The van der Waals surface area contributed by atoms with Crippen molar-refractivity contribution >= 4 is 43.0 Å². The number of nitrogens with zero attached hydrogens (tertiary/aromatic N) is 1. The third-order valence-electron chi connectivity index (χ3n) is 3.04. The summed E-state index contributed by atoms with van der Waals surface area (Å²) in [6.45, 7) is 3.73. The second kappa shape index (κ2) is 13.8. The van der Waals surface area contributed by atoms with Crippen molar-refractivity contribution in [3.05, 3.63) is 0 Å². The van der Waals surface area contributed by atoms with Gasteiger partial charge in [-0.25, -0.2) is 0 Å². The van der Waals surface area contributed by atoms with Crippen LogP contribution in [0.2, 0.25) is 0 Å². The van der Waals surface area contributed by atoms with Crippen LogP contribution < -0.4 is 10.6 Å². The van der Waals surface area contributed by atoms with Gasteiger partial charge in [0.15, 0.2) is 0 Å². The summed E-state index contributed by atoms with van der Waals surface area (Å²) >= 11 is 7.76. The highest BCUT2D eigenvalue weighted by molar-refractivity contribution is 7.81. The fourth-order valence-corrected chi connectivity index (χ4v) is 2.04. The molecular formula is C14H27N3O3S2. The lowest BCUT2D eigenvalue weighted by Gasteiger charge is -2.23. The van der Waals surface area contributed by atoms with E-state index >= 15 is 0 Å². The fourth-order valence-electron chi connectivity index (χ4n) is 1.82. The molecule has 0 atom stereocenters. The van der Waals surface area contributed by atoms with Gasteiger partial charge in [0.2, 0.25) is 17.7 Å². The molecule has 22 heavy (non-hydrogen) atoms. The predicted octanol–water partition coefficient (Wildman–Crippen LogP) is 0.487. The van der Waals surface area contributed by atoms with Crippen molar-refractivity contribution in [2.45, 2.75) is 32.6 Å². The first-order valence-electron chi connectivity index (χ1n) is 7.58. The Hall–Kier alpha value is -0.890. The predicted molar refractivity (Wildman–Crippen MR) is 94.4 cm³/mol. The minimum Gasteiger partial charge on any atom is -0.354 e. The third kappa shape index (κ3) is 10.8. The first kappa shape index (κ1) is 21.1. The summed E-state index contributed by atoms with van der Waals surface area (Å²) in [5.41, 5.74) is 0. The topological polar surface area (TPSA) is 78.5 Å². The van der Waals surface area contributed by atoms with Gasteiger partial charge in [0.1, 0.15) is 0 Å². The molecule has 0 saturated carbocycles. The van der Waals surface area contributed by atoms with E-state index in [2.05, 4.69) is 42.8 Å². The van der Waals surface area contributed by atoms with Gasteiger partial charge < -0.3 is 15.5 Å². The molecule has 8 heteroatoms. The molecule has 0 aliphatic carbocycles. The van der Waals surface area contributed by atoms with Gasteiger partial charge in [0.05, 0.1) is 11.5 Å². The highest BCUT2D eigenvalue weighted by Crippen LogP contribution is 2.03. The normalized spacial score (nSPS) is 10.1. The molecule has 0 fully saturated rings. The van der Waals surface area contributed by atoms with E-state index in [9.17, 15) is 14.4 Å². The maximum atomic E-state index is 12.2. The van der Waals surface area contributed by atoms with Gasteiger partial charge in [-0.05, 0) is 6.42 Å². The van der Waals surface area contributed by atoms with E-state index in [1.807, 2.05) is 0 Å². The van der Waals surface area contributed by atoms with Crippen LogP contribution in [0.4, 0.5) is 0 Å². The van der Waals surface area contributed by atoms with Crippen LogP contribution in [0.3, 0.4) is 0 Å². The number of nitrogens with one attached hydrogen (secondary N) is 2. The number of carbonyl (C=O) groups excluding carboxylic acids is 3. The van der Waals surface area contributed by atoms with Crippen LogP contribution in [0.1, 0.15) is 32.6 Å². The number of hydrogen-bond acceptors (Lipinski definition) is 5. The highest BCUT2D eigenvalue weighted by atomic mass is 32.1. The first-order valence-corrected chi connectivity index (χ1v) is 8.84. The maximum Gasteiger partial charge on any atom is 0.229 e. The van der Waals surface area contributed by atoms with Gasteiger partial charge in [0, 0.05) is 32.6 Å². The summed E-state index contributed by atoms with van der Waals surface area (Å²) in [6, 6.07) is 0. The number of carbonyl (C=O) groups is 3. The Morgan fingerprint density at radius 1 is 0.909 bits per heavy atom. The van der Waals surface area contributed by atoms with E-state index in [4.69, 9.17) is 0 Å². The van der Waals surface area contributed by atoms with Crippen molar-refractivity contribution in [1.29, 1.82) is 0 Å². The van der Waals surface area contributed by atoms with Crippen molar-refractivity contribution in [3.8, 4) is 0 Å². The zero-order valence-electron chi connectivity index (χ0n) is 13.1. The summed E-state index contributed by atoms with van der Waals surface area (Å²) in [5.74, 6) is -0.0193. The molecule has 2 N–H and O–H groups in total. The molecule has 0 bridgehead atoms. The minimum atomic E-state index is -0.162. The van der Waals surface area contributed by atoms with Gasteiger partial charge in [-0.1, -0.05) is 19.8 Å². The summed E-state index contributed by atoms with van der Waals surface area (Å²) < 4.78 is 0. The molecule has 3 amide bonds. The average molecular weight is 350 g/mol. The number of rotatable bonds is 12. The molecule has 0 aromatic carbocycles. The van der Waals surface area contributed by atoms with Gasteiger partial charge >= 0.3 is 0 Å². The summed E-state index contributed by atoms with van der Waals surface area (Å²) in [4.78, 5) is 36.2.